The van der Waals surface area contributed by atoms with E-state index in [1.54, 1.807) is 0 Å². The minimum Gasteiger partial charge on any atom is -0.324 e. The fourth-order valence-electron chi connectivity index (χ4n) is 2.56. The molecule has 0 spiro atoms. The first-order valence-electron chi connectivity index (χ1n) is 5.92. The van der Waals surface area contributed by atoms with Crippen molar-refractivity contribution in [1.29, 1.82) is 0 Å². The zero-order valence-electron chi connectivity index (χ0n) is 10.3. The van der Waals surface area contributed by atoms with Gasteiger partial charge in [-0.05, 0) is 37.3 Å². The first-order chi connectivity index (χ1) is 7.89. The topological polar surface area (TPSA) is 60.2 Å². The van der Waals surface area contributed by atoms with Crippen molar-refractivity contribution >= 4 is 9.84 Å². The number of hydrogen-bond donors (Lipinski definition) is 1. The lowest BCUT2D eigenvalue weighted by atomic mass is 9.90. The molecule has 4 heteroatoms. The molecule has 1 aliphatic rings. The number of benzene rings is 1. The second kappa shape index (κ2) is 4.42. The van der Waals surface area contributed by atoms with E-state index in [1.165, 1.54) is 5.56 Å². The smallest absolute Gasteiger partial charge is 0.150 e. The fraction of sp³-hybridized carbons (Fsp3) is 0.538. The highest BCUT2D eigenvalue weighted by Crippen LogP contribution is 2.31. The number of sulfone groups is 1. The number of rotatable bonds is 2. The summed E-state index contributed by atoms with van der Waals surface area (Å²) < 4.78 is 22.9. The standard InChI is InChI=1S/C13H19NO2S/c1-9-3-4-12(10(2)7-9)13(14)11-5-6-17(15,16)8-11/h3-4,7,11,13H,5-6,8,14H2,1-2H3. The average molecular weight is 253 g/mol. The molecule has 2 atom stereocenters. The molecule has 0 aliphatic carbocycles. The van der Waals surface area contributed by atoms with Crippen LogP contribution in [0, 0.1) is 19.8 Å². The average Bonchev–Trinajstić information content (AvgIpc) is 2.58. The van der Waals surface area contributed by atoms with Crippen LogP contribution >= 0.6 is 0 Å². The van der Waals surface area contributed by atoms with Crippen molar-refractivity contribution in [3.8, 4) is 0 Å². The van der Waals surface area contributed by atoms with Crippen LogP contribution in [-0.2, 0) is 9.84 Å². The Balaban J connectivity index is 2.23. The molecule has 1 aromatic rings. The van der Waals surface area contributed by atoms with E-state index in [1.807, 2.05) is 26.0 Å². The van der Waals surface area contributed by atoms with E-state index in [4.69, 9.17) is 5.73 Å². The van der Waals surface area contributed by atoms with Gasteiger partial charge in [-0.1, -0.05) is 23.8 Å². The van der Waals surface area contributed by atoms with Gasteiger partial charge in [-0.15, -0.1) is 0 Å². The lowest BCUT2D eigenvalue weighted by Crippen LogP contribution is -2.23. The molecular weight excluding hydrogens is 234 g/mol. The van der Waals surface area contributed by atoms with Gasteiger partial charge in [0.1, 0.15) is 0 Å². The molecule has 1 aromatic carbocycles. The molecule has 0 amide bonds. The first-order valence-corrected chi connectivity index (χ1v) is 7.74. The number of nitrogens with two attached hydrogens (primary N) is 1. The maximum atomic E-state index is 11.5. The summed E-state index contributed by atoms with van der Waals surface area (Å²) in [7, 11) is -2.85. The van der Waals surface area contributed by atoms with Gasteiger partial charge in [0.25, 0.3) is 0 Å². The molecule has 1 fully saturated rings. The second-order valence-corrected chi connectivity index (χ2v) is 7.28. The molecule has 1 saturated heterocycles. The quantitative estimate of drug-likeness (QED) is 0.873. The van der Waals surface area contributed by atoms with Crippen molar-refractivity contribution in [3.63, 3.8) is 0 Å². The van der Waals surface area contributed by atoms with Crippen LogP contribution in [0.1, 0.15) is 29.2 Å². The minimum absolute atomic E-state index is 0.0707. The van der Waals surface area contributed by atoms with Crippen LogP contribution in [0.3, 0.4) is 0 Å². The van der Waals surface area contributed by atoms with E-state index in [2.05, 4.69) is 6.07 Å². The van der Waals surface area contributed by atoms with Gasteiger partial charge in [0.05, 0.1) is 11.5 Å². The van der Waals surface area contributed by atoms with Crippen molar-refractivity contribution in [2.24, 2.45) is 11.7 Å². The zero-order valence-corrected chi connectivity index (χ0v) is 11.1. The predicted molar refractivity (Wildman–Crippen MR) is 69.6 cm³/mol. The highest BCUT2D eigenvalue weighted by atomic mass is 32.2. The van der Waals surface area contributed by atoms with Crippen molar-refractivity contribution in [1.82, 2.24) is 0 Å². The maximum absolute atomic E-state index is 11.5. The largest absolute Gasteiger partial charge is 0.324 e. The highest BCUT2D eigenvalue weighted by Gasteiger charge is 2.33. The van der Waals surface area contributed by atoms with Gasteiger partial charge in [0.2, 0.25) is 0 Å². The summed E-state index contributed by atoms with van der Waals surface area (Å²) in [6, 6.07) is 6.00. The van der Waals surface area contributed by atoms with Gasteiger partial charge in [0, 0.05) is 6.04 Å². The Morgan fingerprint density at radius 1 is 1.35 bits per heavy atom. The Labute approximate surface area is 103 Å². The van der Waals surface area contributed by atoms with Crippen LogP contribution < -0.4 is 5.73 Å². The van der Waals surface area contributed by atoms with Crippen molar-refractivity contribution < 1.29 is 8.42 Å². The van der Waals surface area contributed by atoms with Gasteiger partial charge < -0.3 is 5.73 Å². The second-order valence-electron chi connectivity index (χ2n) is 5.05. The van der Waals surface area contributed by atoms with Gasteiger partial charge in [-0.3, -0.25) is 0 Å². The molecule has 17 heavy (non-hydrogen) atoms. The summed E-state index contributed by atoms with van der Waals surface area (Å²) in [6.45, 7) is 4.08. The Morgan fingerprint density at radius 2 is 2.06 bits per heavy atom. The van der Waals surface area contributed by atoms with E-state index in [0.29, 0.717) is 6.42 Å². The normalized spacial score (nSPS) is 24.8. The molecule has 1 heterocycles. The fourth-order valence-corrected chi connectivity index (χ4v) is 4.42. The predicted octanol–water partition coefficient (Wildman–Crippen LogP) is 1.74. The van der Waals surface area contributed by atoms with E-state index in [0.717, 1.165) is 11.1 Å². The van der Waals surface area contributed by atoms with Gasteiger partial charge >= 0.3 is 0 Å². The SMILES string of the molecule is Cc1ccc(C(N)C2CCS(=O)(=O)C2)c(C)c1. The highest BCUT2D eigenvalue weighted by molar-refractivity contribution is 7.91. The van der Waals surface area contributed by atoms with E-state index >= 15 is 0 Å². The van der Waals surface area contributed by atoms with Gasteiger partial charge in [-0.25, -0.2) is 8.42 Å². The molecule has 2 unspecified atom stereocenters. The molecule has 0 bridgehead atoms. The van der Waals surface area contributed by atoms with Crippen molar-refractivity contribution in [2.45, 2.75) is 26.3 Å². The first kappa shape index (κ1) is 12.6. The molecule has 3 nitrogen and oxygen atoms in total. The molecule has 0 saturated carbocycles. The molecular formula is C13H19NO2S. The van der Waals surface area contributed by atoms with Gasteiger partial charge in [0.15, 0.2) is 9.84 Å². The third-order valence-electron chi connectivity index (χ3n) is 3.56. The molecule has 2 rings (SSSR count). The summed E-state index contributed by atoms with van der Waals surface area (Å²) >= 11 is 0. The monoisotopic (exact) mass is 253 g/mol. The van der Waals surface area contributed by atoms with Gasteiger partial charge in [-0.2, -0.15) is 0 Å². The Bertz CT molecular complexity index is 522. The maximum Gasteiger partial charge on any atom is 0.150 e. The molecule has 2 N–H and O–H groups in total. The molecule has 0 radical (unpaired) electrons. The summed E-state index contributed by atoms with van der Waals surface area (Å²) in [5.74, 6) is 0.596. The third kappa shape index (κ3) is 2.69. The number of aryl methyl sites for hydroxylation is 2. The lowest BCUT2D eigenvalue weighted by Gasteiger charge is -2.20. The van der Waals surface area contributed by atoms with Crippen LogP contribution in [0.25, 0.3) is 0 Å². The van der Waals surface area contributed by atoms with E-state index < -0.39 is 9.84 Å². The summed E-state index contributed by atoms with van der Waals surface area (Å²) in [6.07, 6.45) is 0.691. The van der Waals surface area contributed by atoms with Crippen LogP contribution in [0.4, 0.5) is 0 Å². The third-order valence-corrected chi connectivity index (χ3v) is 5.35. The Morgan fingerprint density at radius 3 is 2.59 bits per heavy atom. The molecule has 0 aromatic heterocycles. The Hall–Kier alpha value is -0.870. The lowest BCUT2D eigenvalue weighted by molar-refractivity contribution is 0.478. The summed E-state index contributed by atoms with van der Waals surface area (Å²) in [4.78, 5) is 0. The van der Waals surface area contributed by atoms with E-state index in [9.17, 15) is 8.42 Å². The molecule has 94 valence electrons. The minimum atomic E-state index is -2.85. The van der Waals surface area contributed by atoms with Crippen LogP contribution in [0.5, 0.6) is 0 Å². The van der Waals surface area contributed by atoms with Crippen LogP contribution in [0.2, 0.25) is 0 Å². The summed E-state index contributed by atoms with van der Waals surface area (Å²) in [5, 5.41) is 0. The number of hydrogen-bond acceptors (Lipinski definition) is 3. The summed E-state index contributed by atoms with van der Waals surface area (Å²) in [5.41, 5.74) is 9.65. The van der Waals surface area contributed by atoms with Crippen molar-refractivity contribution in [3.05, 3.63) is 34.9 Å². The van der Waals surface area contributed by atoms with Crippen LogP contribution in [-0.4, -0.2) is 19.9 Å². The van der Waals surface area contributed by atoms with Crippen molar-refractivity contribution in [2.75, 3.05) is 11.5 Å². The van der Waals surface area contributed by atoms with E-state index in [-0.39, 0.29) is 23.5 Å². The van der Waals surface area contributed by atoms with Crippen LogP contribution in [0.15, 0.2) is 18.2 Å². The Kier molecular flexibility index (Phi) is 3.27. The molecule has 1 aliphatic heterocycles. The zero-order chi connectivity index (χ0) is 12.6.